The first-order valence-corrected chi connectivity index (χ1v) is 6.85. The number of halogens is 1. The smallest absolute Gasteiger partial charge is 0.140 e. The van der Waals surface area contributed by atoms with Crippen LogP contribution in [0.2, 0.25) is 5.02 Å². The zero-order chi connectivity index (χ0) is 13.0. The Bertz CT molecular complexity index is 607. The van der Waals surface area contributed by atoms with Gasteiger partial charge in [0.2, 0.25) is 0 Å². The molecule has 0 unspecified atom stereocenters. The average molecular weight is 276 g/mol. The van der Waals surface area contributed by atoms with E-state index in [2.05, 4.69) is 0 Å². The summed E-state index contributed by atoms with van der Waals surface area (Å²) in [5.41, 5.74) is 0.446. The predicted molar refractivity (Wildman–Crippen MR) is 74.5 cm³/mol. The van der Waals surface area contributed by atoms with Crippen LogP contribution in [0.5, 0.6) is 11.5 Å². The number of rotatable bonds is 3. The second kappa shape index (κ2) is 5.81. The zero-order valence-corrected chi connectivity index (χ0v) is 11.3. The monoisotopic (exact) mass is 275 g/mol. The Balaban J connectivity index is 2.29. The van der Waals surface area contributed by atoms with Gasteiger partial charge in [0, 0.05) is 11.0 Å². The maximum atomic E-state index is 8.80. The molecule has 0 spiro atoms. The van der Waals surface area contributed by atoms with Crippen LogP contribution in [-0.4, -0.2) is 6.26 Å². The molecule has 90 valence electrons. The summed E-state index contributed by atoms with van der Waals surface area (Å²) in [6, 6.07) is 14.8. The maximum Gasteiger partial charge on any atom is 0.140 e. The minimum atomic E-state index is 0.400. The minimum absolute atomic E-state index is 0.400. The third-order valence-electron chi connectivity index (χ3n) is 2.36. The molecule has 0 aliphatic rings. The molecular weight excluding hydrogens is 266 g/mol. The number of hydrogen-bond donors (Lipinski definition) is 0. The minimum Gasteiger partial charge on any atom is -0.456 e. The lowest BCUT2D eigenvalue weighted by Crippen LogP contribution is -1.87. The van der Waals surface area contributed by atoms with Gasteiger partial charge in [0.1, 0.15) is 17.6 Å². The van der Waals surface area contributed by atoms with E-state index in [1.54, 1.807) is 30.0 Å². The fourth-order valence-corrected chi connectivity index (χ4v) is 2.22. The van der Waals surface area contributed by atoms with Gasteiger partial charge in [-0.3, -0.25) is 0 Å². The summed E-state index contributed by atoms with van der Waals surface area (Å²) in [5, 5.41) is 9.20. The molecule has 0 fully saturated rings. The first-order chi connectivity index (χ1) is 8.74. The molecule has 4 heteroatoms. The normalized spacial score (nSPS) is 9.83. The Morgan fingerprint density at radius 3 is 2.67 bits per heavy atom. The zero-order valence-electron chi connectivity index (χ0n) is 9.68. The Labute approximate surface area is 115 Å². The highest BCUT2D eigenvalue weighted by molar-refractivity contribution is 7.98. The SMILES string of the molecule is CSc1ccccc1Oc1ccc(C#N)c(Cl)c1. The van der Waals surface area contributed by atoms with Crippen molar-refractivity contribution in [3.8, 4) is 17.6 Å². The molecule has 2 rings (SSSR count). The van der Waals surface area contributed by atoms with Crippen LogP contribution >= 0.6 is 23.4 Å². The van der Waals surface area contributed by atoms with E-state index in [9.17, 15) is 0 Å². The van der Waals surface area contributed by atoms with Crippen LogP contribution in [0.4, 0.5) is 0 Å². The highest BCUT2D eigenvalue weighted by atomic mass is 35.5. The van der Waals surface area contributed by atoms with Crippen LogP contribution in [0, 0.1) is 11.3 Å². The number of hydrogen-bond acceptors (Lipinski definition) is 3. The van der Waals surface area contributed by atoms with Gasteiger partial charge in [-0.05, 0) is 30.5 Å². The molecule has 0 atom stereocenters. The van der Waals surface area contributed by atoms with Crippen molar-refractivity contribution in [1.82, 2.24) is 0 Å². The van der Waals surface area contributed by atoms with Crippen LogP contribution in [-0.2, 0) is 0 Å². The van der Waals surface area contributed by atoms with Gasteiger partial charge < -0.3 is 4.74 Å². The second-order valence-electron chi connectivity index (χ2n) is 3.51. The molecule has 18 heavy (non-hydrogen) atoms. The molecule has 0 amide bonds. The van der Waals surface area contributed by atoms with Crippen LogP contribution < -0.4 is 4.74 Å². The molecular formula is C14H10ClNOS. The lowest BCUT2D eigenvalue weighted by Gasteiger charge is -2.09. The largest absolute Gasteiger partial charge is 0.456 e. The molecule has 0 aromatic heterocycles. The molecule has 2 aromatic rings. The highest BCUT2D eigenvalue weighted by Gasteiger charge is 2.05. The summed E-state index contributed by atoms with van der Waals surface area (Å²) in [5.74, 6) is 1.41. The number of ether oxygens (including phenoxy) is 1. The van der Waals surface area contributed by atoms with Crippen molar-refractivity contribution in [3.63, 3.8) is 0 Å². The van der Waals surface area contributed by atoms with Gasteiger partial charge in [0.05, 0.1) is 10.6 Å². The summed E-state index contributed by atoms with van der Waals surface area (Å²) in [7, 11) is 0. The van der Waals surface area contributed by atoms with Crippen molar-refractivity contribution in [2.75, 3.05) is 6.26 Å². The van der Waals surface area contributed by atoms with Gasteiger partial charge in [0.15, 0.2) is 0 Å². The molecule has 0 N–H and O–H groups in total. The van der Waals surface area contributed by atoms with Crippen molar-refractivity contribution < 1.29 is 4.74 Å². The molecule has 0 bridgehead atoms. The van der Waals surface area contributed by atoms with Crippen LogP contribution in [0.3, 0.4) is 0 Å². The molecule has 0 heterocycles. The molecule has 0 saturated heterocycles. The lowest BCUT2D eigenvalue weighted by molar-refractivity contribution is 0.471. The van der Waals surface area contributed by atoms with Gasteiger partial charge in [-0.25, -0.2) is 0 Å². The first-order valence-electron chi connectivity index (χ1n) is 5.25. The predicted octanol–water partition coefficient (Wildman–Crippen LogP) is 4.73. The van der Waals surface area contributed by atoms with Gasteiger partial charge in [-0.1, -0.05) is 23.7 Å². The third-order valence-corrected chi connectivity index (χ3v) is 3.45. The quantitative estimate of drug-likeness (QED) is 0.760. The number of para-hydroxylation sites is 1. The van der Waals surface area contributed by atoms with Crippen molar-refractivity contribution in [2.24, 2.45) is 0 Å². The fourth-order valence-electron chi connectivity index (χ4n) is 1.48. The number of nitriles is 1. The van der Waals surface area contributed by atoms with Crippen LogP contribution in [0.1, 0.15) is 5.56 Å². The molecule has 0 saturated carbocycles. The van der Waals surface area contributed by atoms with E-state index in [1.165, 1.54) is 0 Å². The van der Waals surface area contributed by atoms with Gasteiger partial charge >= 0.3 is 0 Å². The van der Waals surface area contributed by atoms with E-state index in [1.807, 2.05) is 36.6 Å². The van der Waals surface area contributed by atoms with E-state index in [-0.39, 0.29) is 0 Å². The van der Waals surface area contributed by atoms with Crippen molar-refractivity contribution in [3.05, 3.63) is 53.1 Å². The van der Waals surface area contributed by atoms with E-state index >= 15 is 0 Å². The van der Waals surface area contributed by atoms with E-state index in [4.69, 9.17) is 21.6 Å². The van der Waals surface area contributed by atoms with E-state index in [0.717, 1.165) is 10.6 Å². The Morgan fingerprint density at radius 1 is 1.22 bits per heavy atom. The Hall–Kier alpha value is -1.63. The fraction of sp³-hybridized carbons (Fsp3) is 0.0714. The molecule has 2 nitrogen and oxygen atoms in total. The number of thioether (sulfide) groups is 1. The summed E-state index contributed by atoms with van der Waals surface area (Å²) >= 11 is 7.58. The summed E-state index contributed by atoms with van der Waals surface area (Å²) in [6.07, 6.45) is 1.99. The van der Waals surface area contributed by atoms with E-state index < -0.39 is 0 Å². The molecule has 0 aliphatic heterocycles. The van der Waals surface area contributed by atoms with E-state index in [0.29, 0.717) is 16.3 Å². The van der Waals surface area contributed by atoms with Gasteiger partial charge in [-0.2, -0.15) is 5.26 Å². The van der Waals surface area contributed by atoms with Crippen molar-refractivity contribution >= 4 is 23.4 Å². The van der Waals surface area contributed by atoms with Gasteiger partial charge in [-0.15, -0.1) is 11.8 Å². The summed E-state index contributed by atoms with van der Waals surface area (Å²) in [4.78, 5) is 1.05. The number of benzene rings is 2. The Morgan fingerprint density at radius 2 is 2.00 bits per heavy atom. The van der Waals surface area contributed by atoms with Crippen LogP contribution in [0.25, 0.3) is 0 Å². The lowest BCUT2D eigenvalue weighted by atomic mass is 10.2. The standard InChI is InChI=1S/C14H10ClNOS/c1-18-14-5-3-2-4-13(14)17-11-7-6-10(9-16)12(15)8-11/h2-8H,1H3. The Kier molecular flexibility index (Phi) is 4.14. The topological polar surface area (TPSA) is 33.0 Å². The summed E-state index contributed by atoms with van der Waals surface area (Å²) in [6.45, 7) is 0. The van der Waals surface area contributed by atoms with Crippen LogP contribution in [0.15, 0.2) is 47.4 Å². The molecule has 2 aromatic carbocycles. The second-order valence-corrected chi connectivity index (χ2v) is 4.76. The number of nitrogens with zero attached hydrogens (tertiary/aromatic N) is 1. The van der Waals surface area contributed by atoms with Crippen molar-refractivity contribution in [1.29, 1.82) is 5.26 Å². The third kappa shape index (κ3) is 2.79. The molecule has 0 radical (unpaired) electrons. The molecule has 0 aliphatic carbocycles. The highest BCUT2D eigenvalue weighted by Crippen LogP contribution is 2.32. The average Bonchev–Trinajstić information content (AvgIpc) is 2.39. The summed E-state index contributed by atoms with van der Waals surface area (Å²) < 4.78 is 5.77. The maximum absolute atomic E-state index is 8.80. The van der Waals surface area contributed by atoms with Gasteiger partial charge in [0.25, 0.3) is 0 Å². The first kappa shape index (κ1) is 12.8. The van der Waals surface area contributed by atoms with Crippen molar-refractivity contribution in [2.45, 2.75) is 4.90 Å².